The van der Waals surface area contributed by atoms with Crippen LogP contribution in [0.1, 0.15) is 22.3 Å². The number of benzene rings is 1. The molecule has 1 unspecified atom stereocenters. The van der Waals surface area contributed by atoms with E-state index in [4.69, 9.17) is 16.0 Å². The summed E-state index contributed by atoms with van der Waals surface area (Å²) in [6.07, 6.45) is 2.54. The van der Waals surface area contributed by atoms with Crippen LogP contribution >= 0.6 is 27.5 Å². The standard InChI is InChI=1S/C13H12BrClO/c1-9-6-11(8-16-9)13(15)7-10-2-4-12(14)5-3-10/h2-6,8,13H,7H2,1H3. The SMILES string of the molecule is Cc1cc(C(Cl)Cc2ccc(Br)cc2)co1. The van der Waals surface area contributed by atoms with Gasteiger partial charge in [0.2, 0.25) is 0 Å². The molecule has 16 heavy (non-hydrogen) atoms. The van der Waals surface area contributed by atoms with E-state index in [0.717, 1.165) is 22.2 Å². The summed E-state index contributed by atoms with van der Waals surface area (Å²) in [7, 11) is 0. The summed E-state index contributed by atoms with van der Waals surface area (Å²) in [5.74, 6) is 0.899. The Morgan fingerprint density at radius 1 is 1.31 bits per heavy atom. The van der Waals surface area contributed by atoms with Crippen molar-refractivity contribution < 1.29 is 4.42 Å². The number of aryl methyl sites for hydroxylation is 1. The minimum atomic E-state index is -0.0291. The van der Waals surface area contributed by atoms with Gasteiger partial charge in [-0.1, -0.05) is 28.1 Å². The van der Waals surface area contributed by atoms with Gasteiger partial charge in [-0.15, -0.1) is 11.6 Å². The molecule has 0 saturated heterocycles. The fourth-order valence-electron chi connectivity index (χ4n) is 1.57. The minimum absolute atomic E-state index is 0.0291. The summed E-state index contributed by atoms with van der Waals surface area (Å²) >= 11 is 9.73. The van der Waals surface area contributed by atoms with Crippen molar-refractivity contribution in [1.82, 2.24) is 0 Å². The average Bonchev–Trinajstić information content (AvgIpc) is 2.68. The molecular weight excluding hydrogens is 287 g/mol. The molecule has 2 rings (SSSR count). The second-order valence-electron chi connectivity index (χ2n) is 3.79. The highest BCUT2D eigenvalue weighted by molar-refractivity contribution is 9.10. The van der Waals surface area contributed by atoms with E-state index in [1.807, 2.05) is 25.1 Å². The van der Waals surface area contributed by atoms with E-state index in [2.05, 4.69) is 28.1 Å². The minimum Gasteiger partial charge on any atom is -0.469 e. The van der Waals surface area contributed by atoms with Gasteiger partial charge >= 0.3 is 0 Å². The lowest BCUT2D eigenvalue weighted by Crippen LogP contribution is -1.93. The van der Waals surface area contributed by atoms with Crippen molar-refractivity contribution in [2.45, 2.75) is 18.7 Å². The van der Waals surface area contributed by atoms with Gasteiger partial charge in [0.25, 0.3) is 0 Å². The van der Waals surface area contributed by atoms with Crippen LogP contribution in [-0.4, -0.2) is 0 Å². The van der Waals surface area contributed by atoms with E-state index in [-0.39, 0.29) is 5.38 Å². The van der Waals surface area contributed by atoms with Crippen LogP contribution in [0.2, 0.25) is 0 Å². The maximum absolute atomic E-state index is 6.32. The fraction of sp³-hybridized carbons (Fsp3) is 0.231. The van der Waals surface area contributed by atoms with Crippen LogP contribution in [0.4, 0.5) is 0 Å². The van der Waals surface area contributed by atoms with Crippen molar-refractivity contribution in [3.8, 4) is 0 Å². The first-order chi connectivity index (χ1) is 7.65. The zero-order valence-electron chi connectivity index (χ0n) is 8.91. The molecule has 1 aromatic heterocycles. The number of hydrogen-bond donors (Lipinski definition) is 0. The van der Waals surface area contributed by atoms with Gasteiger partial charge in [-0.3, -0.25) is 0 Å². The predicted octanol–water partition coefficient (Wildman–Crippen LogP) is 4.87. The Bertz CT molecular complexity index is 461. The fourth-order valence-corrected chi connectivity index (χ4v) is 2.13. The molecule has 1 atom stereocenters. The largest absolute Gasteiger partial charge is 0.469 e. The summed E-state index contributed by atoms with van der Waals surface area (Å²) < 4.78 is 6.34. The lowest BCUT2D eigenvalue weighted by atomic mass is 10.1. The topological polar surface area (TPSA) is 13.1 Å². The highest BCUT2D eigenvalue weighted by atomic mass is 79.9. The maximum atomic E-state index is 6.32. The molecule has 0 aliphatic rings. The van der Waals surface area contributed by atoms with E-state index < -0.39 is 0 Å². The van der Waals surface area contributed by atoms with Crippen molar-refractivity contribution in [2.75, 3.05) is 0 Å². The Balaban J connectivity index is 2.07. The van der Waals surface area contributed by atoms with Crippen LogP contribution in [-0.2, 0) is 6.42 Å². The number of alkyl halides is 1. The second-order valence-corrected chi connectivity index (χ2v) is 5.23. The Morgan fingerprint density at radius 3 is 2.56 bits per heavy atom. The Labute approximate surface area is 109 Å². The normalized spacial score (nSPS) is 12.7. The number of rotatable bonds is 3. The molecule has 1 heterocycles. The third-order valence-electron chi connectivity index (χ3n) is 2.44. The van der Waals surface area contributed by atoms with Crippen LogP contribution < -0.4 is 0 Å². The van der Waals surface area contributed by atoms with Crippen LogP contribution in [0.15, 0.2) is 45.5 Å². The quantitative estimate of drug-likeness (QED) is 0.737. The Kier molecular flexibility index (Phi) is 3.72. The van der Waals surface area contributed by atoms with Crippen LogP contribution in [0, 0.1) is 6.92 Å². The molecule has 0 spiro atoms. The highest BCUT2D eigenvalue weighted by Crippen LogP contribution is 2.27. The van der Waals surface area contributed by atoms with Crippen LogP contribution in [0.25, 0.3) is 0 Å². The molecule has 0 saturated carbocycles. The third kappa shape index (κ3) is 2.89. The van der Waals surface area contributed by atoms with E-state index in [1.165, 1.54) is 5.56 Å². The predicted molar refractivity (Wildman–Crippen MR) is 69.9 cm³/mol. The first kappa shape index (κ1) is 11.7. The number of furan rings is 1. The summed E-state index contributed by atoms with van der Waals surface area (Å²) in [5, 5.41) is -0.0291. The average molecular weight is 300 g/mol. The third-order valence-corrected chi connectivity index (χ3v) is 3.38. The second kappa shape index (κ2) is 5.07. The van der Waals surface area contributed by atoms with Gasteiger partial charge in [-0.05, 0) is 37.1 Å². The molecule has 1 aromatic carbocycles. The van der Waals surface area contributed by atoms with Gasteiger partial charge in [0.05, 0.1) is 11.6 Å². The van der Waals surface area contributed by atoms with Crippen molar-refractivity contribution in [2.24, 2.45) is 0 Å². The van der Waals surface area contributed by atoms with Crippen molar-refractivity contribution in [1.29, 1.82) is 0 Å². The van der Waals surface area contributed by atoms with Gasteiger partial charge < -0.3 is 4.42 Å². The zero-order chi connectivity index (χ0) is 11.5. The molecule has 0 amide bonds. The van der Waals surface area contributed by atoms with Gasteiger partial charge in [-0.2, -0.15) is 0 Å². The first-order valence-electron chi connectivity index (χ1n) is 5.08. The summed E-state index contributed by atoms with van der Waals surface area (Å²) in [6.45, 7) is 1.92. The van der Waals surface area contributed by atoms with Gasteiger partial charge in [-0.25, -0.2) is 0 Å². The first-order valence-corrected chi connectivity index (χ1v) is 6.31. The lowest BCUT2D eigenvalue weighted by molar-refractivity contribution is 0.531. The van der Waals surface area contributed by atoms with E-state index in [1.54, 1.807) is 6.26 Å². The van der Waals surface area contributed by atoms with E-state index >= 15 is 0 Å². The van der Waals surface area contributed by atoms with Gasteiger partial charge in [0.1, 0.15) is 5.76 Å². The molecule has 1 nitrogen and oxygen atoms in total. The molecule has 84 valence electrons. The Morgan fingerprint density at radius 2 is 2.00 bits per heavy atom. The summed E-state index contributed by atoms with van der Waals surface area (Å²) in [4.78, 5) is 0. The van der Waals surface area contributed by atoms with Gasteiger partial charge in [0.15, 0.2) is 0 Å². The van der Waals surface area contributed by atoms with Crippen molar-refractivity contribution >= 4 is 27.5 Å². The summed E-state index contributed by atoms with van der Waals surface area (Å²) in [5.41, 5.74) is 2.27. The van der Waals surface area contributed by atoms with Gasteiger partial charge in [0, 0.05) is 10.0 Å². The maximum Gasteiger partial charge on any atom is 0.101 e. The number of hydrogen-bond acceptors (Lipinski definition) is 1. The van der Waals surface area contributed by atoms with Crippen molar-refractivity contribution in [3.05, 3.63) is 58.0 Å². The molecule has 3 heteroatoms. The molecule has 2 aromatic rings. The number of halogens is 2. The molecule has 0 aliphatic carbocycles. The molecule has 0 bridgehead atoms. The van der Waals surface area contributed by atoms with E-state index in [0.29, 0.717) is 0 Å². The molecule has 0 radical (unpaired) electrons. The lowest BCUT2D eigenvalue weighted by Gasteiger charge is -2.06. The molecular formula is C13H12BrClO. The summed E-state index contributed by atoms with van der Waals surface area (Å²) in [6, 6.07) is 10.2. The molecule has 0 fully saturated rings. The van der Waals surface area contributed by atoms with Crippen molar-refractivity contribution in [3.63, 3.8) is 0 Å². The molecule has 0 aliphatic heterocycles. The molecule has 0 N–H and O–H groups in total. The monoisotopic (exact) mass is 298 g/mol. The zero-order valence-corrected chi connectivity index (χ0v) is 11.3. The Hall–Kier alpha value is -0.730. The smallest absolute Gasteiger partial charge is 0.101 e. The van der Waals surface area contributed by atoms with E-state index in [9.17, 15) is 0 Å². The highest BCUT2D eigenvalue weighted by Gasteiger charge is 2.11. The van der Waals surface area contributed by atoms with Crippen LogP contribution in [0.3, 0.4) is 0 Å². The van der Waals surface area contributed by atoms with Crippen LogP contribution in [0.5, 0.6) is 0 Å².